The SMILES string of the molecule is CC(=O)Nc1ccc(C(=O)Nc2ccc(-c3ccccc3)c3c2C(=O)NC3)cc1. The number of carbonyl (C=O) groups excluding carboxylic acids is 3. The Labute approximate surface area is 167 Å². The van der Waals surface area contributed by atoms with E-state index in [0.717, 1.165) is 16.7 Å². The number of benzene rings is 3. The molecule has 4 rings (SSSR count). The first-order chi connectivity index (χ1) is 14.0. The van der Waals surface area contributed by atoms with Crippen LogP contribution in [0.3, 0.4) is 0 Å². The van der Waals surface area contributed by atoms with Crippen LogP contribution in [0.2, 0.25) is 0 Å². The highest BCUT2D eigenvalue weighted by Gasteiger charge is 2.26. The lowest BCUT2D eigenvalue weighted by Gasteiger charge is -2.13. The van der Waals surface area contributed by atoms with Crippen molar-refractivity contribution in [2.24, 2.45) is 0 Å². The van der Waals surface area contributed by atoms with E-state index >= 15 is 0 Å². The van der Waals surface area contributed by atoms with Gasteiger partial charge in [0.1, 0.15) is 0 Å². The molecule has 1 heterocycles. The standard InChI is InChI=1S/C23H19N3O3/c1-14(27)25-17-9-7-16(8-10-17)22(28)26-20-12-11-18(15-5-3-2-4-6-15)19-13-24-23(29)21(19)20/h2-12H,13H2,1H3,(H,24,29)(H,25,27)(H,26,28). The average Bonchev–Trinajstić information content (AvgIpc) is 3.11. The van der Waals surface area contributed by atoms with Crippen molar-refractivity contribution < 1.29 is 14.4 Å². The van der Waals surface area contributed by atoms with Crippen molar-refractivity contribution in [2.75, 3.05) is 10.6 Å². The summed E-state index contributed by atoms with van der Waals surface area (Å²) in [5.41, 5.74) is 4.88. The molecule has 1 aliphatic heterocycles. The minimum atomic E-state index is -0.325. The molecule has 1 aliphatic rings. The van der Waals surface area contributed by atoms with Crippen LogP contribution in [-0.2, 0) is 11.3 Å². The predicted molar refractivity (Wildman–Crippen MR) is 112 cm³/mol. The third kappa shape index (κ3) is 3.73. The number of hydrogen-bond acceptors (Lipinski definition) is 3. The first-order valence-corrected chi connectivity index (χ1v) is 9.21. The lowest BCUT2D eigenvalue weighted by Crippen LogP contribution is -2.17. The summed E-state index contributed by atoms with van der Waals surface area (Å²) in [5.74, 6) is -0.704. The van der Waals surface area contributed by atoms with Crippen LogP contribution in [-0.4, -0.2) is 17.7 Å². The van der Waals surface area contributed by atoms with E-state index in [4.69, 9.17) is 0 Å². The van der Waals surface area contributed by atoms with E-state index in [-0.39, 0.29) is 17.7 Å². The van der Waals surface area contributed by atoms with Crippen LogP contribution in [0.4, 0.5) is 11.4 Å². The van der Waals surface area contributed by atoms with E-state index in [1.165, 1.54) is 6.92 Å². The van der Waals surface area contributed by atoms with Crippen LogP contribution in [0.1, 0.15) is 33.2 Å². The summed E-state index contributed by atoms with van der Waals surface area (Å²) in [7, 11) is 0. The Bertz CT molecular complexity index is 1110. The number of hydrogen-bond donors (Lipinski definition) is 3. The zero-order chi connectivity index (χ0) is 20.4. The zero-order valence-corrected chi connectivity index (χ0v) is 15.8. The number of carbonyl (C=O) groups is 3. The van der Waals surface area contributed by atoms with Crippen LogP contribution in [0.25, 0.3) is 11.1 Å². The van der Waals surface area contributed by atoms with E-state index in [1.54, 1.807) is 30.3 Å². The van der Waals surface area contributed by atoms with E-state index in [2.05, 4.69) is 16.0 Å². The Balaban J connectivity index is 1.63. The third-order valence-corrected chi connectivity index (χ3v) is 4.77. The highest BCUT2D eigenvalue weighted by atomic mass is 16.2. The van der Waals surface area contributed by atoms with Crippen LogP contribution >= 0.6 is 0 Å². The second-order valence-corrected chi connectivity index (χ2v) is 6.78. The molecule has 0 saturated carbocycles. The molecule has 0 spiro atoms. The molecule has 0 radical (unpaired) electrons. The van der Waals surface area contributed by atoms with Gasteiger partial charge in [-0.1, -0.05) is 36.4 Å². The second kappa shape index (κ2) is 7.59. The number of anilines is 2. The molecule has 0 bridgehead atoms. The maximum atomic E-state index is 12.7. The van der Waals surface area contributed by atoms with E-state index in [9.17, 15) is 14.4 Å². The largest absolute Gasteiger partial charge is 0.348 e. The number of amides is 3. The molecule has 3 amide bonds. The molecular weight excluding hydrogens is 366 g/mol. The number of rotatable bonds is 4. The maximum Gasteiger partial charge on any atom is 0.255 e. The van der Waals surface area contributed by atoms with E-state index in [1.807, 2.05) is 36.4 Å². The molecule has 0 aliphatic carbocycles. The van der Waals surface area contributed by atoms with Gasteiger partial charge in [-0.05, 0) is 47.0 Å². The Morgan fingerprint density at radius 2 is 1.62 bits per heavy atom. The molecule has 0 unspecified atom stereocenters. The van der Waals surface area contributed by atoms with Crippen molar-refractivity contribution in [3.8, 4) is 11.1 Å². The van der Waals surface area contributed by atoms with Crippen LogP contribution in [0.15, 0.2) is 66.7 Å². The van der Waals surface area contributed by atoms with Gasteiger partial charge in [0.25, 0.3) is 11.8 Å². The number of fused-ring (bicyclic) bond motifs is 1. The van der Waals surface area contributed by atoms with Gasteiger partial charge in [0.05, 0.1) is 11.3 Å². The lowest BCUT2D eigenvalue weighted by molar-refractivity contribution is -0.114. The van der Waals surface area contributed by atoms with Crippen molar-refractivity contribution in [3.05, 3.63) is 83.4 Å². The summed E-state index contributed by atoms with van der Waals surface area (Å²) in [4.78, 5) is 36.2. The lowest BCUT2D eigenvalue weighted by atomic mass is 9.95. The smallest absolute Gasteiger partial charge is 0.255 e. The summed E-state index contributed by atoms with van der Waals surface area (Å²) >= 11 is 0. The Morgan fingerprint density at radius 1 is 0.897 bits per heavy atom. The minimum absolute atomic E-state index is 0.178. The quantitative estimate of drug-likeness (QED) is 0.638. The topological polar surface area (TPSA) is 87.3 Å². The van der Waals surface area contributed by atoms with Crippen LogP contribution < -0.4 is 16.0 Å². The molecular formula is C23H19N3O3. The maximum absolute atomic E-state index is 12.7. The Morgan fingerprint density at radius 3 is 2.31 bits per heavy atom. The first-order valence-electron chi connectivity index (χ1n) is 9.21. The van der Waals surface area contributed by atoms with Gasteiger partial charge in [-0.25, -0.2) is 0 Å². The molecule has 0 atom stereocenters. The van der Waals surface area contributed by atoms with Crippen LogP contribution in [0.5, 0.6) is 0 Å². The van der Waals surface area contributed by atoms with Gasteiger partial charge in [-0.2, -0.15) is 0 Å². The van der Waals surface area contributed by atoms with Gasteiger partial charge >= 0.3 is 0 Å². The van der Waals surface area contributed by atoms with Crippen molar-refractivity contribution >= 4 is 29.1 Å². The summed E-state index contributed by atoms with van der Waals surface area (Å²) in [6.07, 6.45) is 0. The number of nitrogens with one attached hydrogen (secondary N) is 3. The molecule has 3 N–H and O–H groups in total. The highest BCUT2D eigenvalue weighted by molar-refractivity contribution is 6.11. The summed E-state index contributed by atoms with van der Waals surface area (Å²) in [5, 5.41) is 8.34. The normalized spacial score (nSPS) is 12.1. The van der Waals surface area contributed by atoms with Crippen molar-refractivity contribution in [1.29, 1.82) is 0 Å². The minimum Gasteiger partial charge on any atom is -0.348 e. The van der Waals surface area contributed by atoms with Crippen molar-refractivity contribution in [2.45, 2.75) is 13.5 Å². The van der Waals surface area contributed by atoms with E-state index in [0.29, 0.717) is 29.0 Å². The van der Waals surface area contributed by atoms with Gasteiger partial charge in [-0.3, -0.25) is 14.4 Å². The van der Waals surface area contributed by atoms with Gasteiger partial charge in [-0.15, -0.1) is 0 Å². The fraction of sp³-hybridized carbons (Fsp3) is 0.0870. The summed E-state index contributed by atoms with van der Waals surface area (Å²) in [6.45, 7) is 1.85. The van der Waals surface area contributed by atoms with Gasteiger partial charge < -0.3 is 16.0 Å². The molecule has 6 nitrogen and oxygen atoms in total. The van der Waals surface area contributed by atoms with E-state index < -0.39 is 0 Å². The molecule has 0 fully saturated rings. The fourth-order valence-corrected chi connectivity index (χ4v) is 3.44. The van der Waals surface area contributed by atoms with Gasteiger partial charge in [0.2, 0.25) is 5.91 Å². The predicted octanol–water partition coefficient (Wildman–Crippen LogP) is 3.81. The average molecular weight is 385 g/mol. The second-order valence-electron chi connectivity index (χ2n) is 6.78. The summed E-state index contributed by atoms with van der Waals surface area (Å²) < 4.78 is 0. The molecule has 144 valence electrons. The van der Waals surface area contributed by atoms with Gasteiger partial charge in [0.15, 0.2) is 0 Å². The zero-order valence-electron chi connectivity index (χ0n) is 15.8. The van der Waals surface area contributed by atoms with Crippen molar-refractivity contribution in [1.82, 2.24) is 5.32 Å². The molecule has 0 aromatic heterocycles. The fourth-order valence-electron chi connectivity index (χ4n) is 3.44. The molecule has 0 saturated heterocycles. The molecule has 6 heteroatoms. The molecule has 3 aromatic rings. The van der Waals surface area contributed by atoms with Gasteiger partial charge in [0, 0.05) is 24.7 Å². The molecule has 29 heavy (non-hydrogen) atoms. The van der Waals surface area contributed by atoms with Crippen LogP contribution in [0, 0.1) is 0 Å². The Kier molecular flexibility index (Phi) is 4.83. The van der Waals surface area contributed by atoms with Crippen molar-refractivity contribution in [3.63, 3.8) is 0 Å². The Hall–Kier alpha value is -3.93. The first kappa shape index (κ1) is 18.4. The third-order valence-electron chi connectivity index (χ3n) is 4.77. The highest BCUT2D eigenvalue weighted by Crippen LogP contribution is 2.34. The molecule has 3 aromatic carbocycles. The summed E-state index contributed by atoms with van der Waals surface area (Å²) in [6, 6.07) is 20.1. The monoisotopic (exact) mass is 385 g/mol.